The topological polar surface area (TPSA) is 187 Å². The van der Waals surface area contributed by atoms with E-state index < -0.39 is 57.7 Å². The molecule has 14 heteroatoms. The molecule has 5 rings (SSSR count). The van der Waals surface area contributed by atoms with Crippen LogP contribution < -0.4 is 4.74 Å². The first-order chi connectivity index (χ1) is 21.4. The molecule has 0 unspecified atom stereocenters. The number of carbonyl (C=O) groups is 5. The summed E-state index contributed by atoms with van der Waals surface area (Å²) in [5, 5.41) is 23.4. The number of amides is 3. The Morgan fingerprint density at radius 2 is 1.31 bits per heavy atom. The van der Waals surface area contributed by atoms with E-state index in [0.29, 0.717) is 17.9 Å². The smallest absolute Gasteiger partial charge is 0.343 e. The Labute approximate surface area is 254 Å². The van der Waals surface area contributed by atoms with Crippen molar-refractivity contribution >= 4 is 40.8 Å². The molecular weight excluding hydrogens is 588 g/mol. The number of ether oxygens (including phenoxy) is 1. The van der Waals surface area contributed by atoms with Crippen LogP contribution in [0.15, 0.2) is 84.4 Å². The summed E-state index contributed by atoms with van der Waals surface area (Å²) in [5.41, 5.74) is 0.514. The Morgan fingerprint density at radius 1 is 0.800 bits per heavy atom. The molecule has 3 aromatic rings. The van der Waals surface area contributed by atoms with Crippen molar-refractivity contribution in [3.05, 3.63) is 121 Å². The quantitative estimate of drug-likeness (QED) is 0.0641. The number of hydrazine groups is 1. The van der Waals surface area contributed by atoms with Gasteiger partial charge in [-0.2, -0.15) is 5.01 Å². The predicted octanol–water partition coefficient (Wildman–Crippen LogP) is 4.30. The van der Waals surface area contributed by atoms with Crippen molar-refractivity contribution in [2.75, 3.05) is 6.54 Å². The molecule has 45 heavy (non-hydrogen) atoms. The van der Waals surface area contributed by atoms with Crippen molar-refractivity contribution in [2.24, 2.45) is 11.8 Å². The number of fused-ring (bicyclic) bond motifs is 1. The number of Topliss-reactive ketones (excluding diaryl/α,β-unsaturated/α-hetero) is 1. The van der Waals surface area contributed by atoms with E-state index in [2.05, 4.69) is 0 Å². The first-order valence-corrected chi connectivity index (χ1v) is 13.6. The summed E-state index contributed by atoms with van der Waals surface area (Å²) in [4.78, 5) is 87.0. The molecule has 228 valence electrons. The SMILES string of the molecule is CC1=CC[C@@H]2C(=O)N(N(CC(=O)c3ccc(OC(=O)c4ccc([N+](=O)[O-])cc4)cc3)C(=O)c3ccc([N+](=O)[O-])cc3)C(=O)[C@H]2C1. The molecule has 0 N–H and O–H groups in total. The zero-order chi connectivity index (χ0) is 32.4. The number of hydrogen-bond acceptors (Lipinski definition) is 10. The molecule has 3 amide bonds. The molecule has 1 heterocycles. The fourth-order valence-corrected chi connectivity index (χ4v) is 5.19. The van der Waals surface area contributed by atoms with Crippen molar-refractivity contribution < 1.29 is 38.6 Å². The highest BCUT2D eigenvalue weighted by atomic mass is 16.6. The second-order valence-corrected chi connectivity index (χ2v) is 10.5. The molecular formula is C31H24N4O10. The number of imide groups is 1. The molecule has 1 fully saturated rings. The summed E-state index contributed by atoms with van der Waals surface area (Å²) in [5.74, 6) is -4.87. The van der Waals surface area contributed by atoms with Crippen LogP contribution in [0.3, 0.4) is 0 Å². The maximum absolute atomic E-state index is 13.7. The minimum atomic E-state index is -0.878. The Bertz CT molecular complexity index is 1770. The third-order valence-electron chi connectivity index (χ3n) is 7.59. The fourth-order valence-electron chi connectivity index (χ4n) is 5.19. The highest BCUT2D eigenvalue weighted by Gasteiger charge is 2.51. The van der Waals surface area contributed by atoms with Gasteiger partial charge in [-0.1, -0.05) is 11.6 Å². The number of hydrogen-bond donors (Lipinski definition) is 0. The Hall–Kier alpha value is -6.05. The summed E-state index contributed by atoms with van der Waals surface area (Å²) < 4.78 is 5.28. The molecule has 0 radical (unpaired) electrons. The van der Waals surface area contributed by atoms with E-state index in [1.165, 1.54) is 48.5 Å². The number of carbonyl (C=O) groups excluding carboxylic acids is 5. The van der Waals surface area contributed by atoms with Gasteiger partial charge in [0.05, 0.1) is 27.2 Å². The second-order valence-electron chi connectivity index (χ2n) is 10.5. The number of benzene rings is 3. The molecule has 14 nitrogen and oxygen atoms in total. The standard InChI is InChI=1S/C31H24N4O10/c1-18-2-15-25-26(16-18)30(39)33(29(25)38)32(28(37)20-3-9-22(10-4-20)34(41)42)17-27(36)19-7-13-24(14-8-19)45-31(40)21-5-11-23(12-6-21)35(43)44/h2-14,25-26H,15-17H2,1H3/t25-,26-/m0/s1. The Kier molecular flexibility index (Phi) is 8.30. The molecule has 0 aromatic heterocycles. The van der Waals surface area contributed by atoms with Gasteiger partial charge in [0.15, 0.2) is 5.78 Å². The number of ketones is 1. The van der Waals surface area contributed by atoms with Gasteiger partial charge in [-0.3, -0.25) is 39.4 Å². The fraction of sp³-hybridized carbons (Fsp3) is 0.194. The average molecular weight is 613 g/mol. The molecule has 0 spiro atoms. The average Bonchev–Trinajstić information content (AvgIpc) is 3.27. The third-order valence-corrected chi connectivity index (χ3v) is 7.59. The summed E-state index contributed by atoms with van der Waals surface area (Å²) in [6.07, 6.45) is 2.50. The molecule has 0 saturated carbocycles. The van der Waals surface area contributed by atoms with E-state index in [1.54, 1.807) is 0 Å². The lowest BCUT2D eigenvalue weighted by Crippen LogP contribution is -2.52. The largest absolute Gasteiger partial charge is 0.423 e. The van der Waals surface area contributed by atoms with Gasteiger partial charge in [-0.15, -0.1) is 0 Å². The number of non-ortho nitro benzene ring substituents is 2. The van der Waals surface area contributed by atoms with Crippen molar-refractivity contribution in [3.8, 4) is 5.75 Å². The second kappa shape index (κ2) is 12.3. The number of allylic oxidation sites excluding steroid dienone is 2. The van der Waals surface area contributed by atoms with E-state index >= 15 is 0 Å². The number of nitro benzene ring substituents is 2. The predicted molar refractivity (Wildman–Crippen MR) is 155 cm³/mol. The van der Waals surface area contributed by atoms with Gasteiger partial charge in [0.25, 0.3) is 29.1 Å². The normalized spacial score (nSPS) is 17.3. The Morgan fingerprint density at radius 3 is 1.87 bits per heavy atom. The van der Waals surface area contributed by atoms with Crippen molar-refractivity contribution in [3.63, 3.8) is 0 Å². The molecule has 2 atom stereocenters. The molecule has 1 aliphatic carbocycles. The van der Waals surface area contributed by atoms with Crippen LogP contribution in [0.1, 0.15) is 50.8 Å². The zero-order valence-electron chi connectivity index (χ0n) is 23.7. The lowest BCUT2D eigenvalue weighted by Gasteiger charge is -2.30. The van der Waals surface area contributed by atoms with Gasteiger partial charge in [0, 0.05) is 35.4 Å². The lowest BCUT2D eigenvalue weighted by atomic mass is 9.82. The van der Waals surface area contributed by atoms with E-state index in [0.717, 1.165) is 34.8 Å². The summed E-state index contributed by atoms with van der Waals surface area (Å²) in [7, 11) is 0. The first kappa shape index (κ1) is 30.4. The lowest BCUT2D eigenvalue weighted by molar-refractivity contribution is -0.385. The number of esters is 1. The van der Waals surface area contributed by atoms with Crippen LogP contribution in [0, 0.1) is 32.1 Å². The van der Waals surface area contributed by atoms with Crippen LogP contribution in [-0.2, 0) is 9.59 Å². The zero-order valence-corrected chi connectivity index (χ0v) is 23.7. The highest BCUT2D eigenvalue weighted by Crippen LogP contribution is 2.38. The van der Waals surface area contributed by atoms with Gasteiger partial charge in [0.1, 0.15) is 12.3 Å². The number of nitro groups is 2. The van der Waals surface area contributed by atoms with E-state index in [4.69, 9.17) is 4.74 Å². The molecule has 3 aromatic carbocycles. The summed E-state index contributed by atoms with van der Waals surface area (Å²) >= 11 is 0. The van der Waals surface area contributed by atoms with E-state index in [9.17, 15) is 44.2 Å². The third kappa shape index (κ3) is 6.20. The van der Waals surface area contributed by atoms with Gasteiger partial charge in [-0.05, 0) is 68.3 Å². The van der Waals surface area contributed by atoms with Crippen LogP contribution in [0.4, 0.5) is 11.4 Å². The molecule has 1 aliphatic heterocycles. The molecule has 1 saturated heterocycles. The van der Waals surface area contributed by atoms with Crippen molar-refractivity contribution in [2.45, 2.75) is 19.8 Å². The van der Waals surface area contributed by atoms with Crippen molar-refractivity contribution in [1.29, 1.82) is 0 Å². The van der Waals surface area contributed by atoms with Crippen LogP contribution in [-0.4, -0.2) is 55.9 Å². The van der Waals surface area contributed by atoms with Gasteiger partial charge >= 0.3 is 5.97 Å². The highest BCUT2D eigenvalue weighted by molar-refractivity contribution is 6.10. The minimum Gasteiger partial charge on any atom is -0.423 e. The minimum absolute atomic E-state index is 0.0607. The van der Waals surface area contributed by atoms with Crippen LogP contribution in [0.25, 0.3) is 0 Å². The van der Waals surface area contributed by atoms with Gasteiger partial charge in [-0.25, -0.2) is 9.80 Å². The van der Waals surface area contributed by atoms with Gasteiger partial charge < -0.3 is 4.74 Å². The van der Waals surface area contributed by atoms with Crippen molar-refractivity contribution in [1.82, 2.24) is 10.0 Å². The van der Waals surface area contributed by atoms with E-state index in [1.807, 2.05) is 13.0 Å². The van der Waals surface area contributed by atoms with Gasteiger partial charge in [0.2, 0.25) is 0 Å². The van der Waals surface area contributed by atoms with Crippen LogP contribution in [0.2, 0.25) is 0 Å². The summed E-state index contributed by atoms with van der Waals surface area (Å²) in [6.45, 7) is 1.13. The maximum Gasteiger partial charge on any atom is 0.343 e. The van der Waals surface area contributed by atoms with E-state index in [-0.39, 0.29) is 33.8 Å². The summed E-state index contributed by atoms with van der Waals surface area (Å²) in [6, 6.07) is 14.7. The number of rotatable bonds is 9. The molecule has 0 bridgehead atoms. The molecule has 2 aliphatic rings. The van der Waals surface area contributed by atoms with Crippen LogP contribution in [0.5, 0.6) is 5.75 Å². The van der Waals surface area contributed by atoms with Crippen LogP contribution >= 0.6 is 0 Å². The number of nitrogens with zero attached hydrogens (tertiary/aromatic N) is 4. The monoisotopic (exact) mass is 612 g/mol. The first-order valence-electron chi connectivity index (χ1n) is 13.6. The Balaban J connectivity index is 1.36. The maximum atomic E-state index is 13.7.